The van der Waals surface area contributed by atoms with Crippen molar-refractivity contribution in [1.82, 2.24) is 0 Å². The Morgan fingerprint density at radius 3 is 2.43 bits per heavy atom. The lowest BCUT2D eigenvalue weighted by Crippen LogP contribution is -2.14. The second kappa shape index (κ2) is 9.05. The highest BCUT2D eigenvalue weighted by atomic mass is 16.6. The van der Waals surface area contributed by atoms with Gasteiger partial charge in [-0.15, -0.1) is 0 Å². The van der Waals surface area contributed by atoms with Gasteiger partial charge in [0, 0.05) is 5.56 Å². The first-order valence-electron chi connectivity index (χ1n) is 7.38. The Balaban J connectivity index is 3.31. The summed E-state index contributed by atoms with van der Waals surface area (Å²) in [6.45, 7) is 5.40. The zero-order valence-electron chi connectivity index (χ0n) is 14.2. The van der Waals surface area contributed by atoms with Gasteiger partial charge >= 0.3 is 5.97 Å². The summed E-state index contributed by atoms with van der Waals surface area (Å²) in [5.41, 5.74) is 1.18. The van der Waals surface area contributed by atoms with Crippen LogP contribution >= 0.6 is 0 Å². The first kappa shape index (κ1) is 18.8. The molecule has 6 heteroatoms. The standard InChI is InChI=1S/C17H24O6/c1-6-22-17(19)15(23-11(2)3)9-12-7-13(10-18)16(21-5)14(8-12)20-4/h7-9,11,18H,6,10H2,1-5H3. The van der Waals surface area contributed by atoms with Gasteiger partial charge in [-0.05, 0) is 44.5 Å². The van der Waals surface area contributed by atoms with Crippen molar-refractivity contribution >= 4 is 12.0 Å². The Labute approximate surface area is 136 Å². The molecular formula is C17H24O6. The largest absolute Gasteiger partial charge is 0.493 e. The zero-order chi connectivity index (χ0) is 17.4. The van der Waals surface area contributed by atoms with E-state index >= 15 is 0 Å². The summed E-state index contributed by atoms with van der Waals surface area (Å²) >= 11 is 0. The van der Waals surface area contributed by atoms with Crippen LogP contribution in [0.4, 0.5) is 0 Å². The van der Waals surface area contributed by atoms with Gasteiger partial charge in [-0.1, -0.05) is 0 Å². The van der Waals surface area contributed by atoms with Crippen LogP contribution in [0.3, 0.4) is 0 Å². The van der Waals surface area contributed by atoms with Gasteiger partial charge in [0.15, 0.2) is 11.5 Å². The minimum atomic E-state index is -0.540. The van der Waals surface area contributed by atoms with Gasteiger partial charge in [0.25, 0.3) is 0 Å². The normalized spacial score (nSPS) is 11.3. The van der Waals surface area contributed by atoms with E-state index in [-0.39, 0.29) is 25.1 Å². The van der Waals surface area contributed by atoms with Crippen LogP contribution in [-0.2, 0) is 20.9 Å². The number of carbonyl (C=O) groups excluding carboxylic acids is 1. The van der Waals surface area contributed by atoms with Crippen molar-refractivity contribution in [2.75, 3.05) is 20.8 Å². The van der Waals surface area contributed by atoms with E-state index in [1.807, 2.05) is 13.8 Å². The average molecular weight is 324 g/mol. The van der Waals surface area contributed by atoms with Gasteiger partial charge in [-0.3, -0.25) is 0 Å². The fourth-order valence-corrected chi connectivity index (χ4v) is 2.02. The molecule has 0 spiro atoms. The number of esters is 1. The summed E-state index contributed by atoms with van der Waals surface area (Å²) in [5.74, 6) is 0.465. The first-order chi connectivity index (χ1) is 11.0. The average Bonchev–Trinajstić information content (AvgIpc) is 2.52. The van der Waals surface area contributed by atoms with E-state index in [2.05, 4.69) is 0 Å². The maximum atomic E-state index is 12.0. The van der Waals surface area contributed by atoms with Crippen LogP contribution < -0.4 is 9.47 Å². The monoisotopic (exact) mass is 324 g/mol. The molecule has 0 aromatic heterocycles. The lowest BCUT2D eigenvalue weighted by molar-refractivity contribution is -0.143. The minimum absolute atomic E-state index is 0.0953. The summed E-state index contributed by atoms with van der Waals surface area (Å²) in [4.78, 5) is 12.0. The smallest absolute Gasteiger partial charge is 0.373 e. The minimum Gasteiger partial charge on any atom is -0.493 e. The van der Waals surface area contributed by atoms with Crippen molar-refractivity contribution in [1.29, 1.82) is 0 Å². The Bertz CT molecular complexity index is 537. The number of aliphatic hydroxyl groups is 1. The fourth-order valence-electron chi connectivity index (χ4n) is 2.02. The van der Waals surface area contributed by atoms with Crippen molar-refractivity contribution < 1.29 is 28.8 Å². The van der Waals surface area contributed by atoms with Crippen LogP contribution in [-0.4, -0.2) is 38.0 Å². The lowest BCUT2D eigenvalue weighted by Gasteiger charge is -2.15. The van der Waals surface area contributed by atoms with Crippen LogP contribution in [0.1, 0.15) is 31.9 Å². The van der Waals surface area contributed by atoms with E-state index in [0.29, 0.717) is 22.6 Å². The fraction of sp³-hybridized carbons (Fsp3) is 0.471. The molecule has 128 valence electrons. The molecule has 0 saturated carbocycles. The molecule has 0 aliphatic carbocycles. The van der Waals surface area contributed by atoms with E-state index in [0.717, 1.165) is 0 Å². The maximum Gasteiger partial charge on any atom is 0.373 e. The summed E-state index contributed by atoms with van der Waals surface area (Å²) in [6, 6.07) is 3.39. The van der Waals surface area contributed by atoms with Crippen LogP contribution in [0.25, 0.3) is 6.08 Å². The molecule has 0 unspecified atom stereocenters. The number of ether oxygens (including phenoxy) is 4. The molecule has 0 aliphatic heterocycles. The van der Waals surface area contributed by atoms with Crippen molar-refractivity contribution in [2.24, 2.45) is 0 Å². The molecule has 0 radical (unpaired) electrons. The summed E-state index contributed by atoms with van der Waals surface area (Å²) in [7, 11) is 3.00. The van der Waals surface area contributed by atoms with Crippen molar-refractivity contribution in [3.8, 4) is 11.5 Å². The first-order valence-corrected chi connectivity index (χ1v) is 7.38. The van der Waals surface area contributed by atoms with Gasteiger partial charge in [0.2, 0.25) is 5.76 Å². The molecule has 0 aliphatic rings. The van der Waals surface area contributed by atoms with E-state index < -0.39 is 5.97 Å². The SMILES string of the molecule is CCOC(=O)C(=Cc1cc(CO)c(OC)c(OC)c1)OC(C)C. The van der Waals surface area contributed by atoms with Gasteiger partial charge in [-0.2, -0.15) is 0 Å². The van der Waals surface area contributed by atoms with Crippen molar-refractivity contribution in [3.63, 3.8) is 0 Å². The quantitative estimate of drug-likeness (QED) is 0.450. The third-order valence-corrected chi connectivity index (χ3v) is 2.89. The molecule has 23 heavy (non-hydrogen) atoms. The molecular weight excluding hydrogens is 300 g/mol. The molecule has 0 atom stereocenters. The van der Waals surface area contributed by atoms with Gasteiger partial charge < -0.3 is 24.1 Å². The number of aliphatic hydroxyl groups excluding tert-OH is 1. The number of hydrogen-bond acceptors (Lipinski definition) is 6. The van der Waals surface area contributed by atoms with Crippen LogP contribution in [0.15, 0.2) is 17.9 Å². The molecule has 1 rings (SSSR count). The number of carbonyl (C=O) groups is 1. The van der Waals surface area contributed by atoms with Gasteiger partial charge in [0.1, 0.15) is 0 Å². The molecule has 1 aromatic carbocycles. The van der Waals surface area contributed by atoms with E-state index in [1.54, 1.807) is 25.1 Å². The molecule has 6 nitrogen and oxygen atoms in total. The lowest BCUT2D eigenvalue weighted by atomic mass is 10.1. The number of benzene rings is 1. The maximum absolute atomic E-state index is 12.0. The second-order valence-electron chi connectivity index (χ2n) is 4.97. The summed E-state index contributed by atoms with van der Waals surface area (Å²) < 4.78 is 21.0. The molecule has 1 aromatic rings. The Hall–Kier alpha value is -2.21. The topological polar surface area (TPSA) is 74.2 Å². The predicted molar refractivity (Wildman–Crippen MR) is 86.3 cm³/mol. The highest BCUT2D eigenvalue weighted by Crippen LogP contribution is 2.33. The zero-order valence-corrected chi connectivity index (χ0v) is 14.2. The predicted octanol–water partition coefficient (Wildman–Crippen LogP) is 2.53. The molecule has 0 bridgehead atoms. The van der Waals surface area contributed by atoms with Crippen molar-refractivity contribution in [3.05, 3.63) is 29.0 Å². The van der Waals surface area contributed by atoms with Crippen molar-refractivity contribution in [2.45, 2.75) is 33.5 Å². The van der Waals surface area contributed by atoms with E-state index in [9.17, 15) is 9.90 Å². The molecule has 0 fully saturated rings. The highest BCUT2D eigenvalue weighted by Gasteiger charge is 2.16. The molecule has 1 N–H and O–H groups in total. The Kier molecular flexibility index (Phi) is 7.41. The summed E-state index contributed by atoms with van der Waals surface area (Å²) in [5, 5.41) is 9.49. The van der Waals surface area contributed by atoms with E-state index in [1.165, 1.54) is 14.2 Å². The Morgan fingerprint density at radius 2 is 1.96 bits per heavy atom. The van der Waals surface area contributed by atoms with Crippen LogP contribution in [0.2, 0.25) is 0 Å². The molecule has 0 amide bonds. The molecule has 0 saturated heterocycles. The number of hydrogen-bond donors (Lipinski definition) is 1. The Morgan fingerprint density at radius 1 is 1.26 bits per heavy atom. The third kappa shape index (κ3) is 5.17. The second-order valence-corrected chi connectivity index (χ2v) is 4.97. The summed E-state index contributed by atoms with van der Waals surface area (Å²) in [6.07, 6.45) is 1.38. The number of rotatable bonds is 8. The van der Waals surface area contributed by atoms with Gasteiger partial charge in [-0.25, -0.2) is 4.79 Å². The van der Waals surface area contributed by atoms with Crippen LogP contribution in [0.5, 0.6) is 11.5 Å². The third-order valence-electron chi connectivity index (χ3n) is 2.89. The highest BCUT2D eigenvalue weighted by molar-refractivity contribution is 5.91. The number of methoxy groups -OCH3 is 2. The van der Waals surface area contributed by atoms with Gasteiger partial charge in [0.05, 0.1) is 33.5 Å². The van der Waals surface area contributed by atoms with E-state index in [4.69, 9.17) is 18.9 Å². The molecule has 0 heterocycles. The van der Waals surface area contributed by atoms with Crippen LogP contribution in [0, 0.1) is 0 Å².